The molecule has 0 saturated carbocycles. The molecule has 0 aliphatic rings. The molecular formula is C10H22N2O3. The van der Waals surface area contributed by atoms with Gasteiger partial charge in [0, 0.05) is 20.8 Å². The second-order valence-corrected chi connectivity index (χ2v) is 3.38. The second-order valence-electron chi connectivity index (χ2n) is 3.38. The molecule has 0 fully saturated rings. The van der Waals surface area contributed by atoms with Crippen LogP contribution < -0.4 is 10.6 Å². The summed E-state index contributed by atoms with van der Waals surface area (Å²) in [5.41, 5.74) is 0. The topological polar surface area (TPSA) is 59.6 Å². The molecule has 0 spiro atoms. The highest BCUT2D eigenvalue weighted by molar-refractivity contribution is 5.74. The number of nitrogens with one attached hydrogen (secondary N) is 2. The summed E-state index contributed by atoms with van der Waals surface area (Å²) < 4.78 is 10.0. The van der Waals surface area contributed by atoms with Gasteiger partial charge in [0.2, 0.25) is 0 Å². The summed E-state index contributed by atoms with van der Waals surface area (Å²) in [5.74, 6) is 0. The third kappa shape index (κ3) is 6.30. The van der Waals surface area contributed by atoms with E-state index in [4.69, 9.17) is 9.47 Å². The zero-order chi connectivity index (χ0) is 11.7. The molecule has 0 aromatic rings. The summed E-state index contributed by atoms with van der Waals surface area (Å²) in [7, 11) is 3.09. The van der Waals surface area contributed by atoms with Crippen LogP contribution in [0, 0.1) is 0 Å². The zero-order valence-corrected chi connectivity index (χ0v) is 10.0. The van der Waals surface area contributed by atoms with Crippen LogP contribution in [0.4, 0.5) is 4.79 Å². The Balaban J connectivity index is 3.74. The first-order chi connectivity index (χ1) is 7.15. The Hall–Kier alpha value is -0.810. The summed E-state index contributed by atoms with van der Waals surface area (Å²) in [6, 6.07) is -0.364. The monoisotopic (exact) mass is 218 g/mol. The van der Waals surface area contributed by atoms with Gasteiger partial charge < -0.3 is 20.1 Å². The van der Waals surface area contributed by atoms with Crippen molar-refractivity contribution in [2.45, 2.75) is 39.0 Å². The van der Waals surface area contributed by atoms with Gasteiger partial charge in [0.25, 0.3) is 0 Å². The molecule has 0 aliphatic carbocycles. The first kappa shape index (κ1) is 14.2. The average molecular weight is 218 g/mol. The van der Waals surface area contributed by atoms with Crippen molar-refractivity contribution in [3.05, 3.63) is 0 Å². The summed E-state index contributed by atoms with van der Waals surface area (Å²) in [6.45, 7) is 4.60. The number of methoxy groups -OCH3 is 2. The predicted molar refractivity (Wildman–Crippen MR) is 58.7 cm³/mol. The molecule has 5 heteroatoms. The van der Waals surface area contributed by atoms with Gasteiger partial charge in [-0.05, 0) is 13.3 Å². The molecular weight excluding hydrogens is 196 g/mol. The number of rotatable bonds is 7. The molecule has 0 aromatic heterocycles. The van der Waals surface area contributed by atoms with E-state index in [1.54, 1.807) is 14.2 Å². The second kappa shape index (κ2) is 8.49. The fourth-order valence-corrected chi connectivity index (χ4v) is 1.21. The van der Waals surface area contributed by atoms with Gasteiger partial charge in [-0.3, -0.25) is 0 Å². The van der Waals surface area contributed by atoms with Gasteiger partial charge >= 0.3 is 6.03 Å². The number of carbonyl (C=O) groups is 1. The van der Waals surface area contributed by atoms with Crippen molar-refractivity contribution < 1.29 is 14.3 Å². The first-order valence-corrected chi connectivity index (χ1v) is 5.25. The number of carbonyl (C=O) groups excluding carboxylic acids is 1. The minimum Gasteiger partial charge on any atom is -0.354 e. The molecule has 0 bridgehead atoms. The molecule has 0 saturated heterocycles. The number of hydrogen-bond acceptors (Lipinski definition) is 3. The van der Waals surface area contributed by atoms with Crippen molar-refractivity contribution in [1.29, 1.82) is 0 Å². The minimum atomic E-state index is -0.415. The number of amides is 2. The molecule has 0 heterocycles. The molecule has 0 aliphatic heterocycles. The summed E-state index contributed by atoms with van der Waals surface area (Å²) in [6.07, 6.45) is 1.64. The molecule has 2 N–H and O–H groups in total. The normalized spacial score (nSPS) is 12.6. The van der Waals surface area contributed by atoms with E-state index in [2.05, 4.69) is 17.6 Å². The van der Waals surface area contributed by atoms with Crippen LogP contribution in [0.5, 0.6) is 0 Å². The molecule has 2 amide bonds. The van der Waals surface area contributed by atoms with Gasteiger partial charge in [-0.15, -0.1) is 0 Å². The summed E-state index contributed by atoms with van der Waals surface area (Å²) in [5, 5.41) is 5.50. The average Bonchev–Trinajstić information content (AvgIpc) is 2.20. The van der Waals surface area contributed by atoms with E-state index >= 15 is 0 Å². The first-order valence-electron chi connectivity index (χ1n) is 5.25. The molecule has 0 radical (unpaired) electrons. The maximum Gasteiger partial charge on any atom is 0.315 e. The van der Waals surface area contributed by atoms with Crippen molar-refractivity contribution in [3.63, 3.8) is 0 Å². The van der Waals surface area contributed by atoms with Gasteiger partial charge in [0.15, 0.2) is 6.29 Å². The van der Waals surface area contributed by atoms with E-state index in [1.807, 2.05) is 6.92 Å². The number of unbranched alkanes of at least 4 members (excludes halogenated alkanes) is 1. The lowest BCUT2D eigenvalue weighted by Gasteiger charge is -2.22. The third-order valence-electron chi connectivity index (χ3n) is 2.05. The standard InChI is InChI=1S/C10H22N2O3/c1-5-6-7-11-10(13)12-8(2)9(14-3)15-4/h8-9H,5-7H2,1-4H3,(H2,11,12,13). The van der Waals surface area contributed by atoms with Crippen molar-refractivity contribution in [3.8, 4) is 0 Å². The number of urea groups is 1. The van der Waals surface area contributed by atoms with Crippen LogP contribution in [-0.2, 0) is 9.47 Å². The van der Waals surface area contributed by atoms with Crippen molar-refractivity contribution >= 4 is 6.03 Å². The minimum absolute atomic E-state index is 0.179. The number of hydrogen-bond donors (Lipinski definition) is 2. The van der Waals surface area contributed by atoms with Crippen molar-refractivity contribution in [2.24, 2.45) is 0 Å². The maximum absolute atomic E-state index is 11.3. The molecule has 0 aromatic carbocycles. The Labute approximate surface area is 91.5 Å². The van der Waals surface area contributed by atoms with Gasteiger partial charge in [-0.1, -0.05) is 13.3 Å². The van der Waals surface area contributed by atoms with Crippen LogP contribution in [-0.4, -0.2) is 39.1 Å². The van der Waals surface area contributed by atoms with E-state index in [9.17, 15) is 4.79 Å². The third-order valence-corrected chi connectivity index (χ3v) is 2.05. The highest BCUT2D eigenvalue weighted by atomic mass is 16.7. The van der Waals surface area contributed by atoms with Gasteiger partial charge in [0.1, 0.15) is 0 Å². The Bertz CT molecular complexity index is 172. The molecule has 0 rings (SSSR count). The Morgan fingerprint density at radius 2 is 1.93 bits per heavy atom. The highest BCUT2D eigenvalue weighted by Gasteiger charge is 2.17. The molecule has 1 atom stereocenters. The van der Waals surface area contributed by atoms with Crippen molar-refractivity contribution in [2.75, 3.05) is 20.8 Å². The smallest absolute Gasteiger partial charge is 0.315 e. The Morgan fingerprint density at radius 1 is 1.33 bits per heavy atom. The van der Waals surface area contributed by atoms with Gasteiger partial charge in [-0.2, -0.15) is 0 Å². The van der Waals surface area contributed by atoms with Crippen LogP contribution in [0.15, 0.2) is 0 Å². The van der Waals surface area contributed by atoms with E-state index in [0.717, 1.165) is 12.8 Å². The van der Waals surface area contributed by atoms with Crippen LogP contribution >= 0.6 is 0 Å². The summed E-state index contributed by atoms with van der Waals surface area (Å²) >= 11 is 0. The predicted octanol–water partition coefficient (Wildman–Crippen LogP) is 1.09. The quantitative estimate of drug-likeness (QED) is 0.497. The van der Waals surface area contributed by atoms with E-state index < -0.39 is 6.29 Å². The largest absolute Gasteiger partial charge is 0.354 e. The zero-order valence-electron chi connectivity index (χ0n) is 10.0. The fourth-order valence-electron chi connectivity index (χ4n) is 1.21. The van der Waals surface area contributed by atoms with E-state index in [1.165, 1.54) is 0 Å². The lowest BCUT2D eigenvalue weighted by atomic mass is 10.3. The molecule has 15 heavy (non-hydrogen) atoms. The summed E-state index contributed by atoms with van der Waals surface area (Å²) in [4.78, 5) is 11.3. The maximum atomic E-state index is 11.3. The van der Waals surface area contributed by atoms with Crippen LogP contribution in [0.3, 0.4) is 0 Å². The number of ether oxygens (including phenoxy) is 2. The molecule has 1 unspecified atom stereocenters. The van der Waals surface area contributed by atoms with Crippen molar-refractivity contribution in [1.82, 2.24) is 10.6 Å². The van der Waals surface area contributed by atoms with Crippen LogP contribution in [0.2, 0.25) is 0 Å². The van der Waals surface area contributed by atoms with Crippen LogP contribution in [0.1, 0.15) is 26.7 Å². The van der Waals surface area contributed by atoms with Gasteiger partial charge in [0.05, 0.1) is 6.04 Å². The molecule has 5 nitrogen and oxygen atoms in total. The van der Waals surface area contributed by atoms with Gasteiger partial charge in [-0.25, -0.2) is 4.79 Å². The highest BCUT2D eigenvalue weighted by Crippen LogP contribution is 1.97. The lowest BCUT2D eigenvalue weighted by Crippen LogP contribution is -2.47. The SMILES string of the molecule is CCCCNC(=O)NC(C)C(OC)OC. The Morgan fingerprint density at radius 3 is 2.40 bits per heavy atom. The molecule has 90 valence electrons. The Kier molecular flexibility index (Phi) is 8.04. The lowest BCUT2D eigenvalue weighted by molar-refractivity contribution is -0.117. The van der Waals surface area contributed by atoms with E-state index in [-0.39, 0.29) is 12.1 Å². The fraction of sp³-hybridized carbons (Fsp3) is 0.900. The van der Waals surface area contributed by atoms with Crippen LogP contribution in [0.25, 0.3) is 0 Å². The van der Waals surface area contributed by atoms with E-state index in [0.29, 0.717) is 6.54 Å².